The Morgan fingerprint density at radius 3 is 1.26 bits per heavy atom. The van der Waals surface area contributed by atoms with E-state index >= 15 is 0 Å². The monoisotopic (exact) mass is 786 g/mol. The van der Waals surface area contributed by atoms with Gasteiger partial charge in [-0.3, -0.25) is 0 Å². The summed E-state index contributed by atoms with van der Waals surface area (Å²) in [5.41, 5.74) is 11.9. The van der Waals surface area contributed by atoms with Crippen LogP contribution in [0.25, 0.3) is 98.1 Å². The summed E-state index contributed by atoms with van der Waals surface area (Å²) < 4.78 is 4.32. The van der Waals surface area contributed by atoms with Gasteiger partial charge in [-0.05, 0) is 113 Å². The predicted octanol–water partition coefficient (Wildman–Crippen LogP) is 13.5. The normalized spacial score (nSPS) is 10.8. The Hall–Kier alpha value is -9.70. The number of nitrogens with zero attached hydrogens (tertiary/aromatic N) is 8. The zero-order valence-electron chi connectivity index (χ0n) is 32.6. The third-order valence-electron chi connectivity index (χ3n) is 11.4. The Morgan fingerprint density at radius 2 is 0.790 bits per heavy atom. The molecule has 0 aliphatic carbocycles. The van der Waals surface area contributed by atoms with Gasteiger partial charge in [0.05, 0.1) is 82.0 Å². The van der Waals surface area contributed by atoms with Gasteiger partial charge >= 0.3 is 0 Å². The first-order valence-electron chi connectivity index (χ1n) is 19.5. The first kappa shape index (κ1) is 36.6. The minimum Gasteiger partial charge on any atom is -0.308 e. The van der Waals surface area contributed by atoms with Gasteiger partial charge in [0.2, 0.25) is 0 Å². The molecule has 10 rings (SSSR count). The molecule has 0 amide bonds. The Morgan fingerprint density at radius 1 is 0.355 bits per heavy atom. The Bertz CT molecular complexity index is 3560. The molecule has 8 nitrogen and oxygen atoms in total. The lowest BCUT2D eigenvalue weighted by Gasteiger charge is -2.21. The maximum Gasteiger partial charge on any atom is 0.189 e. The third kappa shape index (κ3) is 5.87. The van der Waals surface area contributed by atoms with Gasteiger partial charge in [0.25, 0.3) is 0 Å². The molecule has 8 aromatic carbocycles. The van der Waals surface area contributed by atoms with Gasteiger partial charge in [-0.2, -0.15) is 21.0 Å². The van der Waals surface area contributed by atoms with Crippen LogP contribution in [0.2, 0.25) is 0 Å². The highest BCUT2D eigenvalue weighted by Gasteiger charge is 2.24. The van der Waals surface area contributed by atoms with Gasteiger partial charge in [-0.25, -0.2) is 9.69 Å². The average molecular weight is 787 g/mol. The molecule has 8 heteroatoms. The lowest BCUT2D eigenvalue weighted by atomic mass is 9.96. The molecule has 2 heterocycles. The largest absolute Gasteiger partial charge is 0.308 e. The van der Waals surface area contributed by atoms with Crippen molar-refractivity contribution in [1.29, 1.82) is 21.0 Å². The van der Waals surface area contributed by atoms with E-state index in [-0.39, 0.29) is 0 Å². The average Bonchev–Trinajstić information content (AvgIpc) is 3.85. The second-order valence-electron chi connectivity index (χ2n) is 14.8. The first-order valence-corrected chi connectivity index (χ1v) is 19.5. The van der Waals surface area contributed by atoms with Crippen molar-refractivity contribution in [3.05, 3.63) is 203 Å². The predicted molar refractivity (Wildman–Crippen MR) is 243 cm³/mol. The molecule has 0 atom stereocenters. The molecule has 10 aromatic rings. The highest BCUT2D eigenvalue weighted by Crippen LogP contribution is 2.44. The molecule has 0 aliphatic heterocycles. The summed E-state index contributed by atoms with van der Waals surface area (Å²) in [4.78, 5) is 7.27. The highest BCUT2D eigenvalue weighted by atomic mass is 15.0. The van der Waals surface area contributed by atoms with Crippen LogP contribution in [0, 0.1) is 58.5 Å². The van der Waals surface area contributed by atoms with Crippen molar-refractivity contribution in [2.75, 3.05) is 0 Å². The first-order chi connectivity index (χ1) is 30.4. The van der Waals surface area contributed by atoms with Crippen LogP contribution in [-0.4, -0.2) is 9.13 Å². The zero-order valence-corrected chi connectivity index (χ0v) is 32.6. The fourth-order valence-electron chi connectivity index (χ4n) is 8.70. The van der Waals surface area contributed by atoms with Crippen molar-refractivity contribution in [2.45, 2.75) is 0 Å². The molecule has 0 radical (unpaired) electrons. The lowest BCUT2D eigenvalue weighted by Crippen LogP contribution is -2.05. The smallest absolute Gasteiger partial charge is 0.189 e. The van der Waals surface area contributed by atoms with E-state index in [1.54, 1.807) is 42.5 Å². The Kier molecular flexibility index (Phi) is 8.62. The molecule has 282 valence electrons. The summed E-state index contributed by atoms with van der Waals surface area (Å²) in [6, 6.07) is 59.2. The second kappa shape index (κ2) is 14.6. The summed E-state index contributed by atoms with van der Waals surface area (Å²) in [6.07, 6.45) is 0. The van der Waals surface area contributed by atoms with Crippen LogP contribution in [0.15, 0.2) is 158 Å². The molecule has 0 unspecified atom stereocenters. The van der Waals surface area contributed by atoms with Crippen molar-refractivity contribution < 1.29 is 0 Å². The third-order valence-corrected chi connectivity index (χ3v) is 11.4. The fraction of sp³-hybridized carbons (Fsp3) is 0. The van der Waals surface area contributed by atoms with E-state index in [0.29, 0.717) is 45.0 Å². The maximum absolute atomic E-state index is 10.8. The number of benzene rings is 8. The highest BCUT2D eigenvalue weighted by molar-refractivity contribution is 6.13. The van der Waals surface area contributed by atoms with Crippen molar-refractivity contribution >= 4 is 55.0 Å². The zero-order chi connectivity index (χ0) is 42.5. The Balaban J connectivity index is 1.35. The minimum absolute atomic E-state index is 0.365. The molecule has 2 aromatic heterocycles. The van der Waals surface area contributed by atoms with Crippen molar-refractivity contribution in [3.63, 3.8) is 0 Å². The molecular formula is C54H26N8. The van der Waals surface area contributed by atoms with Crippen molar-refractivity contribution in [3.8, 4) is 69.0 Å². The van der Waals surface area contributed by atoms with Gasteiger partial charge < -0.3 is 9.13 Å². The number of rotatable bonds is 5. The molecular weight excluding hydrogens is 761 g/mol. The maximum atomic E-state index is 10.8. The van der Waals surface area contributed by atoms with E-state index in [9.17, 15) is 21.0 Å². The summed E-state index contributed by atoms with van der Waals surface area (Å²) in [6.45, 7) is 15.4. The second-order valence-corrected chi connectivity index (χ2v) is 14.8. The van der Waals surface area contributed by atoms with Crippen molar-refractivity contribution in [2.24, 2.45) is 0 Å². The van der Waals surface area contributed by atoms with Crippen LogP contribution in [0.4, 0.5) is 11.4 Å². The number of nitriles is 4. The van der Waals surface area contributed by atoms with Gasteiger partial charge in [0.15, 0.2) is 11.4 Å². The molecule has 0 aliphatic rings. The molecule has 0 spiro atoms. The molecule has 62 heavy (non-hydrogen) atoms. The molecule has 0 fully saturated rings. The fourth-order valence-corrected chi connectivity index (χ4v) is 8.70. The SMILES string of the molecule is [C-]#[N+]c1cc(C#N)cc(-c2ccc3c4ccccc4n(-c4cc(C#N)cc(-n5c6ccccc6c6ccc(-c7cc(C#N)cc([N+]#[C-])c7)cc65)c4-c4cccc(C#N)c4)c3c2)c1. The van der Waals surface area contributed by atoms with E-state index in [2.05, 4.69) is 91.6 Å². The summed E-state index contributed by atoms with van der Waals surface area (Å²) >= 11 is 0. The van der Waals surface area contributed by atoms with E-state index in [4.69, 9.17) is 13.1 Å². The molecule has 0 bridgehead atoms. The number of para-hydroxylation sites is 2. The number of fused-ring (bicyclic) bond motifs is 6. The number of aromatic nitrogens is 2. The van der Waals surface area contributed by atoms with E-state index in [0.717, 1.165) is 77.0 Å². The minimum atomic E-state index is 0.365. The van der Waals surface area contributed by atoms with Crippen LogP contribution in [0.3, 0.4) is 0 Å². The van der Waals surface area contributed by atoms with Gasteiger partial charge in [0.1, 0.15) is 0 Å². The summed E-state index contributed by atoms with van der Waals surface area (Å²) in [7, 11) is 0. The van der Waals surface area contributed by atoms with Gasteiger partial charge in [-0.1, -0.05) is 72.8 Å². The summed E-state index contributed by atoms with van der Waals surface area (Å²) in [5.74, 6) is 0. The van der Waals surface area contributed by atoms with E-state index in [1.165, 1.54) is 0 Å². The molecule has 0 saturated heterocycles. The quantitative estimate of drug-likeness (QED) is 0.162. The van der Waals surface area contributed by atoms with E-state index < -0.39 is 0 Å². The molecule has 0 saturated carbocycles. The van der Waals surface area contributed by atoms with Crippen LogP contribution < -0.4 is 0 Å². The van der Waals surface area contributed by atoms with Crippen LogP contribution >= 0.6 is 0 Å². The Labute approximate surface area is 355 Å². The summed E-state index contributed by atoms with van der Waals surface area (Å²) in [5, 5.41) is 44.6. The van der Waals surface area contributed by atoms with Crippen molar-refractivity contribution in [1.82, 2.24) is 9.13 Å². The van der Waals surface area contributed by atoms with E-state index in [1.807, 2.05) is 66.7 Å². The van der Waals surface area contributed by atoms with Gasteiger partial charge in [-0.15, -0.1) is 0 Å². The van der Waals surface area contributed by atoms with Crippen LogP contribution in [-0.2, 0) is 0 Å². The lowest BCUT2D eigenvalue weighted by molar-refractivity contribution is 1.13. The van der Waals surface area contributed by atoms with Crippen LogP contribution in [0.1, 0.15) is 22.3 Å². The standard InChI is InChI=1S/C54H26N8/c1-59-42-21-34(30-56)19-40(25-42)37-14-16-46-44-10-3-5-12-48(44)61(50(46)27-37)52-23-36(32-58)24-53(54(52)39-9-7-8-33(18-39)29-55)62-49-13-6-4-11-45(49)47-17-15-38(28-51(47)62)41-20-35(31-57)22-43(26-41)60-2/h3-28H. The van der Waals surface area contributed by atoms with Gasteiger partial charge in [0, 0.05) is 38.2 Å². The molecule has 0 N–H and O–H groups in total. The topological polar surface area (TPSA) is 114 Å². The number of hydrogen-bond acceptors (Lipinski definition) is 4. The van der Waals surface area contributed by atoms with Crippen LogP contribution in [0.5, 0.6) is 0 Å². The number of hydrogen-bond donors (Lipinski definition) is 0.